The number of aromatic nitrogens is 1. The second kappa shape index (κ2) is 6.19. The van der Waals surface area contributed by atoms with Crippen LogP contribution in [0.2, 0.25) is 0 Å². The van der Waals surface area contributed by atoms with E-state index in [0.29, 0.717) is 18.6 Å². The van der Waals surface area contributed by atoms with Crippen molar-refractivity contribution in [3.8, 4) is 0 Å². The van der Waals surface area contributed by atoms with Crippen LogP contribution in [0.5, 0.6) is 0 Å². The van der Waals surface area contributed by atoms with Gasteiger partial charge in [-0.1, -0.05) is 0 Å². The number of allylic oxidation sites excluding steroid dienone is 1. The van der Waals surface area contributed by atoms with Gasteiger partial charge in [0, 0.05) is 24.0 Å². The second-order valence-electron chi connectivity index (χ2n) is 3.40. The molecule has 0 aromatic carbocycles. The van der Waals surface area contributed by atoms with Crippen LogP contribution >= 0.6 is 0 Å². The van der Waals surface area contributed by atoms with Crippen LogP contribution in [0.25, 0.3) is 6.08 Å². The van der Waals surface area contributed by atoms with Crippen LogP contribution in [-0.4, -0.2) is 32.9 Å². The number of hydrogen-bond acceptors (Lipinski definition) is 3. The summed E-state index contributed by atoms with van der Waals surface area (Å²) in [7, 11) is 0. The Kier molecular flexibility index (Phi) is 4.62. The zero-order valence-electron chi connectivity index (χ0n) is 9.29. The van der Waals surface area contributed by atoms with Gasteiger partial charge in [0.1, 0.15) is 0 Å². The summed E-state index contributed by atoms with van der Waals surface area (Å²) in [6, 6.07) is 1.97. The minimum atomic E-state index is -1.26. The fourth-order valence-electron chi connectivity index (χ4n) is 1.28. The van der Waals surface area contributed by atoms with E-state index >= 15 is 0 Å². The maximum Gasteiger partial charge on any atom is 0.328 e. The molecule has 6 heteroatoms. The maximum atomic E-state index is 10.8. The summed E-state index contributed by atoms with van der Waals surface area (Å²) in [5.74, 6) is -2.34. The highest BCUT2D eigenvalue weighted by atomic mass is 16.4. The van der Waals surface area contributed by atoms with Gasteiger partial charge in [-0.05, 0) is 23.8 Å². The minimum absolute atomic E-state index is 0.176. The number of fused-ring (bicyclic) bond motifs is 1. The van der Waals surface area contributed by atoms with Crippen LogP contribution in [0.15, 0.2) is 30.5 Å². The Morgan fingerprint density at radius 2 is 1.78 bits per heavy atom. The van der Waals surface area contributed by atoms with Crippen molar-refractivity contribution >= 4 is 23.8 Å². The fourth-order valence-corrected chi connectivity index (χ4v) is 1.28. The lowest BCUT2D eigenvalue weighted by Crippen LogP contribution is -2.03. The first-order chi connectivity index (χ1) is 8.49. The van der Waals surface area contributed by atoms with Gasteiger partial charge in [0.15, 0.2) is 5.78 Å². The third-order valence-electron chi connectivity index (χ3n) is 2.04. The van der Waals surface area contributed by atoms with Gasteiger partial charge in [-0.15, -0.1) is 0 Å². The molecule has 18 heavy (non-hydrogen) atoms. The van der Waals surface area contributed by atoms with E-state index in [4.69, 9.17) is 10.2 Å². The molecule has 1 aliphatic rings. The van der Waals surface area contributed by atoms with E-state index in [1.165, 1.54) is 0 Å². The lowest BCUT2D eigenvalue weighted by Gasteiger charge is -2.01. The van der Waals surface area contributed by atoms with Gasteiger partial charge >= 0.3 is 11.9 Å². The first-order valence-electron chi connectivity index (χ1n) is 5.00. The zero-order valence-corrected chi connectivity index (χ0v) is 9.29. The monoisotopic (exact) mass is 249 g/mol. The predicted octanol–water partition coefficient (Wildman–Crippen LogP) is 0.865. The van der Waals surface area contributed by atoms with Gasteiger partial charge in [0.2, 0.25) is 0 Å². The molecular weight excluding hydrogens is 238 g/mol. The average molecular weight is 249 g/mol. The van der Waals surface area contributed by atoms with E-state index in [1.807, 2.05) is 18.3 Å². The molecule has 94 valence electrons. The standard InChI is InChI=1S/C8H7NO.C4H4O4/c10-7-2-1-6-3-4-9-8(6)5-7;5-3(6)1-2-4(7)8/h1-4,9H,5H2;1-2H,(H,5,6)(H,7,8)/b;2-1-. The van der Waals surface area contributed by atoms with E-state index in [-0.39, 0.29) is 5.78 Å². The molecule has 1 aliphatic carbocycles. The van der Waals surface area contributed by atoms with Gasteiger partial charge in [0.05, 0.1) is 6.42 Å². The van der Waals surface area contributed by atoms with Gasteiger partial charge in [0.25, 0.3) is 0 Å². The summed E-state index contributed by atoms with van der Waals surface area (Å²) in [5.41, 5.74) is 2.17. The summed E-state index contributed by atoms with van der Waals surface area (Å²) in [5, 5.41) is 15.6. The molecule has 0 atom stereocenters. The quantitative estimate of drug-likeness (QED) is 0.674. The lowest BCUT2D eigenvalue weighted by molar-refractivity contribution is -0.134. The first-order valence-corrected chi connectivity index (χ1v) is 5.00. The van der Waals surface area contributed by atoms with Crippen molar-refractivity contribution in [2.24, 2.45) is 0 Å². The number of carbonyl (C=O) groups is 3. The molecule has 1 aromatic heterocycles. The van der Waals surface area contributed by atoms with Crippen molar-refractivity contribution in [2.45, 2.75) is 6.42 Å². The Hall–Kier alpha value is -2.63. The summed E-state index contributed by atoms with van der Waals surface area (Å²) in [6.07, 6.45) is 6.96. The molecule has 2 rings (SSSR count). The number of H-pyrrole nitrogens is 1. The Morgan fingerprint density at radius 3 is 2.33 bits per heavy atom. The smallest absolute Gasteiger partial charge is 0.328 e. The predicted molar refractivity (Wildman–Crippen MR) is 62.9 cm³/mol. The molecule has 0 unspecified atom stereocenters. The normalized spacial score (nSPS) is 12.8. The highest BCUT2D eigenvalue weighted by Crippen LogP contribution is 2.14. The summed E-state index contributed by atoms with van der Waals surface area (Å²) >= 11 is 0. The molecular formula is C12H11NO5. The maximum absolute atomic E-state index is 10.8. The van der Waals surface area contributed by atoms with Crippen molar-refractivity contribution in [1.82, 2.24) is 4.98 Å². The van der Waals surface area contributed by atoms with E-state index in [0.717, 1.165) is 11.3 Å². The number of aliphatic carboxylic acids is 2. The summed E-state index contributed by atoms with van der Waals surface area (Å²) in [4.78, 5) is 32.9. The number of aromatic amines is 1. The topological polar surface area (TPSA) is 107 Å². The number of rotatable bonds is 2. The third-order valence-corrected chi connectivity index (χ3v) is 2.04. The molecule has 0 saturated heterocycles. The number of hydrogen-bond donors (Lipinski definition) is 3. The van der Waals surface area contributed by atoms with E-state index in [9.17, 15) is 14.4 Å². The van der Waals surface area contributed by atoms with E-state index in [2.05, 4.69) is 4.98 Å². The van der Waals surface area contributed by atoms with Crippen LogP contribution in [0, 0.1) is 0 Å². The SMILES string of the molecule is O=C(O)/C=C\C(=O)O.O=C1C=Cc2cc[nH]c2C1. The first kappa shape index (κ1) is 13.4. The molecule has 3 N–H and O–H groups in total. The average Bonchev–Trinajstić information content (AvgIpc) is 2.74. The highest BCUT2D eigenvalue weighted by Gasteiger charge is 2.09. The zero-order chi connectivity index (χ0) is 13.5. The fraction of sp³-hybridized carbons (Fsp3) is 0.0833. The Morgan fingerprint density at radius 1 is 1.17 bits per heavy atom. The molecule has 0 fully saturated rings. The van der Waals surface area contributed by atoms with E-state index < -0.39 is 11.9 Å². The van der Waals surface area contributed by atoms with Crippen LogP contribution in [0.4, 0.5) is 0 Å². The number of carboxylic acid groups (broad SMARTS) is 2. The Labute approximate surface area is 102 Å². The van der Waals surface area contributed by atoms with Gasteiger partial charge in [-0.3, -0.25) is 4.79 Å². The molecule has 0 bridgehead atoms. The lowest BCUT2D eigenvalue weighted by atomic mass is 10.1. The third kappa shape index (κ3) is 4.48. The molecule has 1 heterocycles. The molecule has 0 aliphatic heterocycles. The van der Waals surface area contributed by atoms with Crippen LogP contribution in [0.3, 0.4) is 0 Å². The van der Waals surface area contributed by atoms with Gasteiger partial charge in [-0.25, -0.2) is 9.59 Å². The van der Waals surface area contributed by atoms with Crippen molar-refractivity contribution in [2.75, 3.05) is 0 Å². The summed E-state index contributed by atoms with van der Waals surface area (Å²) < 4.78 is 0. The highest BCUT2D eigenvalue weighted by molar-refractivity contribution is 5.97. The summed E-state index contributed by atoms with van der Waals surface area (Å²) in [6.45, 7) is 0. The van der Waals surface area contributed by atoms with E-state index in [1.54, 1.807) is 6.08 Å². The number of carbonyl (C=O) groups excluding carboxylic acids is 1. The van der Waals surface area contributed by atoms with Crippen molar-refractivity contribution in [3.05, 3.63) is 41.7 Å². The van der Waals surface area contributed by atoms with Crippen LogP contribution in [0.1, 0.15) is 11.3 Å². The largest absolute Gasteiger partial charge is 0.478 e. The Bertz CT molecular complexity index is 508. The van der Waals surface area contributed by atoms with Gasteiger partial charge in [-0.2, -0.15) is 0 Å². The molecule has 0 amide bonds. The molecule has 1 aromatic rings. The van der Waals surface area contributed by atoms with Crippen molar-refractivity contribution in [1.29, 1.82) is 0 Å². The second-order valence-corrected chi connectivity index (χ2v) is 3.40. The van der Waals surface area contributed by atoms with Crippen LogP contribution < -0.4 is 0 Å². The number of carboxylic acids is 2. The van der Waals surface area contributed by atoms with Gasteiger partial charge < -0.3 is 15.2 Å². The molecule has 0 spiro atoms. The molecule has 6 nitrogen and oxygen atoms in total. The minimum Gasteiger partial charge on any atom is -0.478 e. The van der Waals surface area contributed by atoms with Crippen molar-refractivity contribution in [3.63, 3.8) is 0 Å². The van der Waals surface area contributed by atoms with Crippen LogP contribution in [-0.2, 0) is 20.8 Å². The number of nitrogens with one attached hydrogen (secondary N) is 1. The molecule has 0 saturated carbocycles. The Balaban J connectivity index is 0.000000187. The molecule has 0 radical (unpaired) electrons. The van der Waals surface area contributed by atoms with Crippen molar-refractivity contribution < 1.29 is 24.6 Å². The number of ketones is 1.